The van der Waals surface area contributed by atoms with Crippen molar-refractivity contribution >= 4 is 6.03 Å². The molecule has 8 heteroatoms. The van der Waals surface area contributed by atoms with Crippen LogP contribution in [0.5, 0.6) is 5.88 Å². The molecule has 8 nitrogen and oxygen atoms in total. The lowest BCUT2D eigenvalue weighted by atomic mass is 10.1. The number of nitrogens with zero attached hydrogens (tertiary/aromatic N) is 5. The van der Waals surface area contributed by atoms with E-state index in [1.807, 2.05) is 21.9 Å². The zero-order chi connectivity index (χ0) is 18.1. The second kappa shape index (κ2) is 6.95. The van der Waals surface area contributed by atoms with Gasteiger partial charge in [0.05, 0.1) is 25.0 Å². The quantitative estimate of drug-likeness (QED) is 0.875. The van der Waals surface area contributed by atoms with Gasteiger partial charge in [-0.3, -0.25) is 0 Å². The lowest BCUT2D eigenvalue weighted by molar-refractivity contribution is 0.118. The van der Waals surface area contributed by atoms with E-state index in [0.29, 0.717) is 19.0 Å². The third kappa shape index (κ3) is 3.24. The SMILES string of the molecule is COc1ccc(-c2nc3c([nH]2)CN(C(=O)N2CCN(C)CC2)CC3)cn1. The Kier molecular flexibility index (Phi) is 4.50. The van der Waals surface area contributed by atoms with Gasteiger partial charge in [-0.1, -0.05) is 0 Å². The summed E-state index contributed by atoms with van der Waals surface area (Å²) in [4.78, 5) is 31.2. The van der Waals surface area contributed by atoms with Gasteiger partial charge in [0, 0.05) is 57.0 Å². The summed E-state index contributed by atoms with van der Waals surface area (Å²) < 4.78 is 5.10. The molecule has 2 amide bonds. The van der Waals surface area contributed by atoms with Crippen LogP contribution in [-0.4, -0.2) is 82.6 Å². The van der Waals surface area contributed by atoms with E-state index in [0.717, 1.165) is 55.4 Å². The molecule has 0 atom stereocenters. The van der Waals surface area contributed by atoms with Crippen molar-refractivity contribution in [2.75, 3.05) is 46.9 Å². The Labute approximate surface area is 152 Å². The van der Waals surface area contributed by atoms with Crippen LogP contribution < -0.4 is 4.74 Å². The van der Waals surface area contributed by atoms with Gasteiger partial charge in [-0.25, -0.2) is 14.8 Å². The first-order valence-electron chi connectivity index (χ1n) is 8.94. The number of aromatic nitrogens is 3. The van der Waals surface area contributed by atoms with Gasteiger partial charge in [0.25, 0.3) is 0 Å². The highest BCUT2D eigenvalue weighted by molar-refractivity contribution is 5.75. The molecule has 1 saturated heterocycles. The Hall–Kier alpha value is -2.61. The molecule has 0 bridgehead atoms. The number of imidazole rings is 1. The highest BCUT2D eigenvalue weighted by atomic mass is 16.5. The molecule has 0 spiro atoms. The summed E-state index contributed by atoms with van der Waals surface area (Å²) in [5, 5.41) is 0. The third-order valence-corrected chi connectivity index (χ3v) is 5.10. The van der Waals surface area contributed by atoms with Gasteiger partial charge in [-0.2, -0.15) is 0 Å². The first kappa shape index (κ1) is 16.8. The molecule has 4 rings (SSSR count). The number of urea groups is 1. The molecule has 0 saturated carbocycles. The number of hydrogen-bond acceptors (Lipinski definition) is 5. The third-order valence-electron chi connectivity index (χ3n) is 5.10. The van der Waals surface area contributed by atoms with E-state index >= 15 is 0 Å². The molecular weight excluding hydrogens is 332 g/mol. The molecule has 0 unspecified atom stereocenters. The molecule has 0 radical (unpaired) electrons. The van der Waals surface area contributed by atoms with Gasteiger partial charge in [-0.15, -0.1) is 0 Å². The van der Waals surface area contributed by atoms with Crippen molar-refractivity contribution in [1.29, 1.82) is 0 Å². The minimum atomic E-state index is 0.131. The van der Waals surface area contributed by atoms with Gasteiger partial charge < -0.3 is 24.4 Å². The summed E-state index contributed by atoms with van der Waals surface area (Å²) in [6, 6.07) is 3.88. The summed E-state index contributed by atoms with van der Waals surface area (Å²) in [5.74, 6) is 1.37. The number of likely N-dealkylation sites (N-methyl/N-ethyl adjacent to an activating group) is 1. The van der Waals surface area contributed by atoms with Crippen molar-refractivity contribution in [1.82, 2.24) is 29.7 Å². The van der Waals surface area contributed by atoms with Crippen molar-refractivity contribution in [2.45, 2.75) is 13.0 Å². The van der Waals surface area contributed by atoms with E-state index in [-0.39, 0.29) is 6.03 Å². The van der Waals surface area contributed by atoms with Gasteiger partial charge in [0.2, 0.25) is 5.88 Å². The Morgan fingerprint density at radius 1 is 1.15 bits per heavy atom. The summed E-state index contributed by atoms with van der Waals surface area (Å²) in [6.45, 7) is 4.75. The predicted molar refractivity (Wildman–Crippen MR) is 97.0 cm³/mol. The van der Waals surface area contributed by atoms with Crippen LogP contribution in [0.1, 0.15) is 11.4 Å². The zero-order valence-electron chi connectivity index (χ0n) is 15.2. The van der Waals surface area contributed by atoms with Crippen LogP contribution in [0.4, 0.5) is 4.79 Å². The number of rotatable bonds is 2. The summed E-state index contributed by atoms with van der Waals surface area (Å²) in [6.07, 6.45) is 2.52. The fourth-order valence-corrected chi connectivity index (χ4v) is 3.43. The number of H-pyrrole nitrogens is 1. The van der Waals surface area contributed by atoms with Gasteiger partial charge in [0.1, 0.15) is 5.82 Å². The molecule has 2 aromatic rings. The number of aromatic amines is 1. The van der Waals surface area contributed by atoms with Crippen LogP contribution in [0.15, 0.2) is 18.3 Å². The number of hydrogen-bond donors (Lipinski definition) is 1. The van der Waals surface area contributed by atoms with Crippen molar-refractivity contribution in [3.8, 4) is 17.3 Å². The number of piperazine rings is 1. The molecule has 1 fully saturated rings. The maximum atomic E-state index is 12.8. The number of amides is 2. The number of ether oxygens (including phenoxy) is 1. The lowest BCUT2D eigenvalue weighted by Crippen LogP contribution is -2.52. The fraction of sp³-hybridized carbons (Fsp3) is 0.500. The first-order valence-corrected chi connectivity index (χ1v) is 8.94. The molecule has 1 N–H and O–H groups in total. The number of methoxy groups -OCH3 is 1. The Morgan fingerprint density at radius 3 is 2.65 bits per heavy atom. The number of carbonyl (C=O) groups is 1. The molecule has 138 valence electrons. The normalized spacial score (nSPS) is 17.9. The molecule has 26 heavy (non-hydrogen) atoms. The second-order valence-corrected chi connectivity index (χ2v) is 6.84. The van der Waals surface area contributed by atoms with Crippen LogP contribution in [-0.2, 0) is 13.0 Å². The van der Waals surface area contributed by atoms with Crippen molar-refractivity contribution in [2.24, 2.45) is 0 Å². The van der Waals surface area contributed by atoms with Crippen molar-refractivity contribution in [3.63, 3.8) is 0 Å². The van der Waals surface area contributed by atoms with E-state index in [2.05, 4.69) is 21.9 Å². The molecule has 4 heterocycles. The summed E-state index contributed by atoms with van der Waals surface area (Å²) in [7, 11) is 3.69. The molecule has 0 aromatic carbocycles. The maximum absolute atomic E-state index is 12.8. The molecule has 2 aliphatic heterocycles. The number of nitrogens with one attached hydrogen (secondary N) is 1. The highest BCUT2D eigenvalue weighted by Crippen LogP contribution is 2.24. The molecule has 2 aliphatic rings. The van der Waals surface area contributed by atoms with Gasteiger partial charge in [-0.05, 0) is 13.1 Å². The van der Waals surface area contributed by atoms with Gasteiger partial charge in [0.15, 0.2) is 0 Å². The molecule has 0 aliphatic carbocycles. The standard InChI is InChI=1S/C18H24N6O2/c1-22-7-9-23(10-8-22)18(25)24-6-5-14-15(12-24)21-17(20-14)13-3-4-16(26-2)19-11-13/h3-4,11H,5-10,12H2,1-2H3,(H,20,21). The van der Waals surface area contributed by atoms with Crippen LogP contribution >= 0.6 is 0 Å². The minimum absolute atomic E-state index is 0.131. The van der Waals surface area contributed by atoms with E-state index in [4.69, 9.17) is 9.72 Å². The van der Waals surface area contributed by atoms with Crippen LogP contribution in [0.3, 0.4) is 0 Å². The first-order chi connectivity index (χ1) is 12.6. The average molecular weight is 356 g/mol. The van der Waals surface area contributed by atoms with Crippen LogP contribution in [0.25, 0.3) is 11.4 Å². The van der Waals surface area contributed by atoms with Crippen molar-refractivity contribution in [3.05, 3.63) is 29.7 Å². The number of fused-ring (bicyclic) bond motifs is 1. The largest absolute Gasteiger partial charge is 0.481 e. The number of pyridine rings is 1. The van der Waals surface area contributed by atoms with E-state index < -0.39 is 0 Å². The number of carbonyl (C=O) groups excluding carboxylic acids is 1. The van der Waals surface area contributed by atoms with Crippen molar-refractivity contribution < 1.29 is 9.53 Å². The second-order valence-electron chi connectivity index (χ2n) is 6.84. The highest BCUT2D eigenvalue weighted by Gasteiger charge is 2.28. The Balaban J connectivity index is 1.47. The smallest absolute Gasteiger partial charge is 0.320 e. The lowest BCUT2D eigenvalue weighted by Gasteiger charge is -2.37. The fourth-order valence-electron chi connectivity index (χ4n) is 3.43. The Morgan fingerprint density at radius 2 is 1.96 bits per heavy atom. The summed E-state index contributed by atoms with van der Waals surface area (Å²) >= 11 is 0. The molecule has 2 aromatic heterocycles. The average Bonchev–Trinajstić information content (AvgIpc) is 3.11. The maximum Gasteiger partial charge on any atom is 0.320 e. The minimum Gasteiger partial charge on any atom is -0.481 e. The summed E-state index contributed by atoms with van der Waals surface area (Å²) in [5.41, 5.74) is 2.97. The molecular formula is C18H24N6O2. The monoisotopic (exact) mass is 356 g/mol. The van der Waals surface area contributed by atoms with Gasteiger partial charge >= 0.3 is 6.03 Å². The topological polar surface area (TPSA) is 77.6 Å². The van der Waals surface area contributed by atoms with E-state index in [1.54, 1.807) is 13.3 Å². The predicted octanol–water partition coefficient (Wildman–Crippen LogP) is 1.21. The zero-order valence-corrected chi connectivity index (χ0v) is 15.2. The Bertz CT molecular complexity index is 779. The van der Waals surface area contributed by atoms with Crippen LogP contribution in [0.2, 0.25) is 0 Å². The van der Waals surface area contributed by atoms with Crippen LogP contribution in [0, 0.1) is 0 Å². The van der Waals surface area contributed by atoms with E-state index in [1.165, 1.54) is 0 Å². The van der Waals surface area contributed by atoms with E-state index in [9.17, 15) is 4.79 Å².